The first kappa shape index (κ1) is 35.9. The van der Waals surface area contributed by atoms with E-state index in [1.54, 1.807) is 0 Å². The average Bonchev–Trinajstić information content (AvgIpc) is 3.00. The number of alkyl halides is 1. The highest BCUT2D eigenvalue weighted by molar-refractivity contribution is 9.09. The van der Waals surface area contributed by atoms with Crippen LogP contribution < -0.4 is 4.57 Å². The third-order valence-corrected chi connectivity index (χ3v) is 8.33. The van der Waals surface area contributed by atoms with E-state index < -0.39 is 0 Å². The molecule has 2 heterocycles. The number of rotatable bonds is 5. The van der Waals surface area contributed by atoms with Gasteiger partial charge in [-0.3, -0.25) is 14.6 Å². The number of hydrogen-bond donors (Lipinski definition) is 0. The Labute approximate surface area is 288 Å². The highest BCUT2D eigenvalue weighted by Gasteiger charge is 2.21. The normalized spacial score (nSPS) is 11.6. The molecule has 0 atom stereocenters. The summed E-state index contributed by atoms with van der Waals surface area (Å²) in [7, 11) is 0. The molecule has 0 unspecified atom stereocenters. The number of carbonyl (C=O) groups is 2. The first-order chi connectivity index (χ1) is 22.1. The number of nitrogens with zero attached hydrogens (tertiary/aromatic N) is 2. The van der Waals surface area contributed by atoms with Gasteiger partial charge in [-0.05, 0) is 54.3 Å². The number of carbonyl (C=O) groups excluding carboxylic acids is 2. The number of Topliss-reactive ketones (excluding diaryl/α,β-unsaturated/α-hetero) is 2. The van der Waals surface area contributed by atoms with E-state index in [4.69, 9.17) is 0 Å². The molecule has 47 heavy (non-hydrogen) atoms. The Hall–Kier alpha value is -3.96. The minimum Gasteiger partial charge on any atom is -0.299 e. The summed E-state index contributed by atoms with van der Waals surface area (Å²) in [5.41, 5.74) is 4.88. The van der Waals surface area contributed by atoms with Gasteiger partial charge < -0.3 is 0 Å². The molecule has 6 aromatic rings. The largest absolute Gasteiger partial charge is 0.299 e. The molecule has 4 aromatic carbocycles. The Morgan fingerprint density at radius 2 is 1.19 bits per heavy atom. The molecule has 0 amide bonds. The molecule has 6 rings (SSSR count). The minimum absolute atomic E-state index is 0.0287. The van der Waals surface area contributed by atoms with Crippen LogP contribution in [0, 0.1) is 24.7 Å². The van der Waals surface area contributed by atoms with Crippen molar-refractivity contribution in [3.63, 3.8) is 0 Å². The van der Waals surface area contributed by atoms with E-state index in [1.165, 1.54) is 43.4 Å². The summed E-state index contributed by atoms with van der Waals surface area (Å²) in [5, 5.41) is 7.85. The molecule has 0 aliphatic carbocycles. The quantitative estimate of drug-likeness (QED) is 0.103. The van der Waals surface area contributed by atoms with Crippen molar-refractivity contribution >= 4 is 70.8 Å². The summed E-state index contributed by atoms with van der Waals surface area (Å²) in [4.78, 5) is 27.7. The molecule has 244 valence electrons. The minimum atomic E-state index is 0.0287. The molecule has 0 radical (unpaired) electrons. The van der Waals surface area contributed by atoms with Crippen molar-refractivity contribution in [3.05, 3.63) is 108 Å². The molecule has 0 spiro atoms. The fourth-order valence-corrected chi connectivity index (χ4v) is 5.99. The van der Waals surface area contributed by atoms with E-state index in [2.05, 4.69) is 160 Å². The van der Waals surface area contributed by atoms with Crippen molar-refractivity contribution in [1.82, 2.24) is 4.98 Å². The topological polar surface area (TPSA) is 50.9 Å². The Morgan fingerprint density at radius 3 is 1.79 bits per heavy atom. The molecule has 0 aliphatic rings. The zero-order chi connectivity index (χ0) is 34.4. The molecular weight excluding hydrogens is 644 g/mol. The number of ketones is 2. The Bertz CT molecular complexity index is 2030. The van der Waals surface area contributed by atoms with E-state index in [9.17, 15) is 9.59 Å². The van der Waals surface area contributed by atoms with Gasteiger partial charge in [-0.2, -0.15) is 4.57 Å². The van der Waals surface area contributed by atoms with Crippen LogP contribution >= 0.6 is 15.9 Å². The summed E-state index contributed by atoms with van der Waals surface area (Å²) < 4.78 is 2.10. The molecule has 0 aliphatic heterocycles. The molecule has 0 bridgehead atoms. The summed E-state index contributed by atoms with van der Waals surface area (Å²) in [6.45, 7) is 17.2. The second kappa shape index (κ2) is 15.3. The molecular formula is C42H48BrN2O2+. The van der Waals surface area contributed by atoms with Crippen LogP contribution in [-0.2, 0) is 16.1 Å². The van der Waals surface area contributed by atoms with Crippen LogP contribution in [0.15, 0.2) is 97.3 Å². The van der Waals surface area contributed by atoms with Gasteiger partial charge in [0.25, 0.3) is 0 Å². The number of fused-ring (bicyclic) bond motifs is 6. The van der Waals surface area contributed by atoms with Gasteiger partial charge in [0.2, 0.25) is 12.1 Å². The second-order valence-electron chi connectivity index (χ2n) is 14.9. The highest BCUT2D eigenvalue weighted by atomic mass is 79.9. The third kappa shape index (κ3) is 10.3. The fourth-order valence-electron chi connectivity index (χ4n) is 5.79. The lowest BCUT2D eigenvalue weighted by molar-refractivity contribution is -0.657. The van der Waals surface area contributed by atoms with Crippen LogP contribution in [0.2, 0.25) is 0 Å². The average molecular weight is 693 g/mol. The van der Waals surface area contributed by atoms with E-state index in [-0.39, 0.29) is 22.4 Å². The lowest BCUT2D eigenvalue weighted by atomic mass is 9.90. The number of aromatic nitrogens is 2. The lowest BCUT2D eigenvalue weighted by Crippen LogP contribution is -2.39. The van der Waals surface area contributed by atoms with Gasteiger partial charge in [0, 0.05) is 46.6 Å². The zero-order valence-electron chi connectivity index (χ0n) is 29.2. The molecule has 0 saturated carbocycles. The number of halogens is 1. The van der Waals surface area contributed by atoms with Gasteiger partial charge in [-0.15, -0.1) is 0 Å². The SMILES string of the molecule is CC(C)(C)CC(=O)CBr.Cc1ccc2c(c1)c1ccccc1c[n+]2CC(=O)CC(C)(C)C.Cc1ccc2ncc3ccccc3c2c1. The van der Waals surface area contributed by atoms with Crippen molar-refractivity contribution in [2.75, 3.05) is 5.33 Å². The molecule has 0 fully saturated rings. The summed E-state index contributed by atoms with van der Waals surface area (Å²) in [6, 6.07) is 29.6. The predicted octanol–water partition coefficient (Wildman–Crippen LogP) is 10.7. The van der Waals surface area contributed by atoms with E-state index in [1.807, 2.05) is 18.3 Å². The maximum atomic E-state index is 12.5. The van der Waals surface area contributed by atoms with E-state index in [0.717, 1.165) is 11.0 Å². The van der Waals surface area contributed by atoms with Crippen LogP contribution in [0.5, 0.6) is 0 Å². The molecule has 0 N–H and O–H groups in total. The first-order valence-electron chi connectivity index (χ1n) is 16.3. The van der Waals surface area contributed by atoms with Gasteiger partial charge in [0.15, 0.2) is 12.0 Å². The Kier molecular flexibility index (Phi) is 11.7. The van der Waals surface area contributed by atoms with Gasteiger partial charge in [0.1, 0.15) is 5.78 Å². The van der Waals surface area contributed by atoms with Gasteiger partial charge >= 0.3 is 0 Å². The summed E-state index contributed by atoms with van der Waals surface area (Å²) in [6.07, 6.45) is 5.30. The number of benzene rings is 4. The van der Waals surface area contributed by atoms with Crippen LogP contribution in [-0.4, -0.2) is 21.9 Å². The van der Waals surface area contributed by atoms with Crippen LogP contribution in [0.25, 0.3) is 43.4 Å². The number of hydrogen-bond acceptors (Lipinski definition) is 3. The third-order valence-electron chi connectivity index (χ3n) is 7.70. The molecule has 4 nitrogen and oxygen atoms in total. The smallest absolute Gasteiger partial charge is 0.213 e. The van der Waals surface area contributed by atoms with Crippen molar-refractivity contribution in [2.24, 2.45) is 10.8 Å². The van der Waals surface area contributed by atoms with Gasteiger partial charge in [0.05, 0.1) is 16.2 Å². The standard InChI is InChI=1S/C21H24NO.C14H11N.C7H13BrO/c1-15-9-10-20-19(11-15)18-8-6-5-7-16(18)13-22(20)14-17(23)12-21(2,3)4;1-10-6-7-14-13(8-10)12-5-3-2-4-11(12)9-15-14;1-7(2,3)4-6(9)5-8/h5-11,13H,12,14H2,1-4H3;2-9H,1H3;4-5H2,1-3H3/q+1;;. The monoisotopic (exact) mass is 691 g/mol. The maximum Gasteiger partial charge on any atom is 0.213 e. The molecule has 5 heteroatoms. The van der Waals surface area contributed by atoms with E-state index >= 15 is 0 Å². The van der Waals surface area contributed by atoms with Crippen LogP contribution in [0.3, 0.4) is 0 Å². The van der Waals surface area contributed by atoms with Gasteiger partial charge in [-0.1, -0.05) is 123 Å². The number of pyridine rings is 2. The number of aryl methyl sites for hydroxylation is 2. The second-order valence-corrected chi connectivity index (χ2v) is 15.5. The Balaban J connectivity index is 0.000000178. The van der Waals surface area contributed by atoms with Crippen molar-refractivity contribution in [3.8, 4) is 0 Å². The zero-order valence-corrected chi connectivity index (χ0v) is 30.7. The van der Waals surface area contributed by atoms with Crippen LogP contribution in [0.4, 0.5) is 0 Å². The molecule has 2 aromatic heterocycles. The first-order valence-corrected chi connectivity index (χ1v) is 17.4. The van der Waals surface area contributed by atoms with Crippen LogP contribution in [0.1, 0.15) is 65.5 Å². The van der Waals surface area contributed by atoms with Crippen molar-refractivity contribution < 1.29 is 14.2 Å². The lowest BCUT2D eigenvalue weighted by Gasteiger charge is -2.15. The predicted molar refractivity (Wildman–Crippen MR) is 202 cm³/mol. The van der Waals surface area contributed by atoms with Crippen molar-refractivity contribution in [2.45, 2.75) is 74.8 Å². The van der Waals surface area contributed by atoms with Gasteiger partial charge in [-0.25, -0.2) is 0 Å². The van der Waals surface area contributed by atoms with Crippen molar-refractivity contribution in [1.29, 1.82) is 0 Å². The summed E-state index contributed by atoms with van der Waals surface area (Å²) >= 11 is 3.12. The molecule has 0 saturated heterocycles. The fraction of sp³-hybridized carbons (Fsp3) is 0.333. The van der Waals surface area contributed by atoms with E-state index in [0.29, 0.717) is 24.7 Å². The Morgan fingerprint density at radius 1 is 0.660 bits per heavy atom. The summed E-state index contributed by atoms with van der Waals surface area (Å²) in [5.74, 6) is 0.558. The highest BCUT2D eigenvalue weighted by Crippen LogP contribution is 2.25. The maximum absolute atomic E-state index is 12.5.